The van der Waals surface area contributed by atoms with E-state index in [1.54, 1.807) is 0 Å². The molecule has 1 unspecified atom stereocenters. The normalized spacial score (nSPS) is 17.1. The van der Waals surface area contributed by atoms with E-state index in [0.29, 0.717) is 0 Å². The number of ether oxygens (including phenoxy) is 1. The van der Waals surface area contributed by atoms with E-state index in [2.05, 4.69) is 12.2 Å². The van der Waals surface area contributed by atoms with Crippen molar-refractivity contribution in [3.63, 3.8) is 0 Å². The average Bonchev–Trinajstić information content (AvgIpc) is 3.08. The molecule has 1 N–H and O–H groups in total. The van der Waals surface area contributed by atoms with Crippen LogP contribution in [0.4, 0.5) is 0 Å². The van der Waals surface area contributed by atoms with Gasteiger partial charge in [0.15, 0.2) is 0 Å². The number of thiophene rings is 1. The fourth-order valence-electron chi connectivity index (χ4n) is 1.79. The van der Waals surface area contributed by atoms with Crippen molar-refractivity contribution in [2.45, 2.75) is 32.2 Å². The van der Waals surface area contributed by atoms with Crippen molar-refractivity contribution in [2.24, 2.45) is 5.92 Å². The fraction of sp³-hybridized carbons (Fsp3) is 0.692. The maximum absolute atomic E-state index is 6.11. The van der Waals surface area contributed by atoms with Gasteiger partial charge in [-0.3, -0.25) is 0 Å². The van der Waals surface area contributed by atoms with E-state index in [9.17, 15) is 0 Å². The summed E-state index contributed by atoms with van der Waals surface area (Å²) in [5.41, 5.74) is 1.09. The number of hydrogen-bond donors (Lipinski definition) is 1. The first-order valence-corrected chi connectivity index (χ1v) is 8.00. The first kappa shape index (κ1) is 14.6. The van der Waals surface area contributed by atoms with Crippen molar-refractivity contribution < 1.29 is 4.74 Å². The minimum atomic E-state index is 0.240. The van der Waals surface area contributed by atoms with E-state index in [-0.39, 0.29) is 6.04 Å². The number of rotatable bonds is 8. The van der Waals surface area contributed by atoms with Crippen LogP contribution in [0.25, 0.3) is 0 Å². The standard InChI is InChI=1S/C13H19Cl2NOS/c1-9(11-7-12(14)18-13(11)15)16-5-2-6-17-8-10-3-4-10/h7,9-10,16H,2-6,8H2,1H3. The molecule has 1 aliphatic rings. The summed E-state index contributed by atoms with van der Waals surface area (Å²) in [6.07, 6.45) is 3.74. The summed E-state index contributed by atoms with van der Waals surface area (Å²) in [5.74, 6) is 0.851. The lowest BCUT2D eigenvalue weighted by molar-refractivity contribution is 0.121. The molecule has 102 valence electrons. The predicted molar refractivity (Wildman–Crippen MR) is 78.9 cm³/mol. The van der Waals surface area contributed by atoms with Gasteiger partial charge in [0.25, 0.3) is 0 Å². The third-order valence-corrected chi connectivity index (χ3v) is 4.63. The van der Waals surface area contributed by atoms with Crippen LogP contribution in [0.3, 0.4) is 0 Å². The molecule has 2 rings (SSSR count). The van der Waals surface area contributed by atoms with E-state index in [0.717, 1.165) is 46.3 Å². The maximum Gasteiger partial charge on any atom is 0.0991 e. The molecule has 2 nitrogen and oxygen atoms in total. The van der Waals surface area contributed by atoms with Crippen LogP contribution in [0.1, 0.15) is 37.8 Å². The maximum atomic E-state index is 6.11. The molecule has 1 heterocycles. The highest BCUT2D eigenvalue weighted by Gasteiger charge is 2.20. The van der Waals surface area contributed by atoms with Gasteiger partial charge in [-0.1, -0.05) is 23.2 Å². The molecule has 1 fully saturated rings. The molecule has 0 aliphatic heterocycles. The second-order valence-corrected chi connectivity index (χ2v) is 7.11. The van der Waals surface area contributed by atoms with E-state index >= 15 is 0 Å². The van der Waals surface area contributed by atoms with Crippen LogP contribution >= 0.6 is 34.5 Å². The van der Waals surface area contributed by atoms with Gasteiger partial charge < -0.3 is 10.1 Å². The van der Waals surface area contributed by atoms with Gasteiger partial charge in [0, 0.05) is 19.3 Å². The largest absolute Gasteiger partial charge is 0.381 e. The van der Waals surface area contributed by atoms with Gasteiger partial charge in [-0.05, 0) is 50.3 Å². The highest BCUT2D eigenvalue weighted by atomic mass is 35.5. The van der Waals surface area contributed by atoms with Crippen LogP contribution in [-0.4, -0.2) is 19.8 Å². The second kappa shape index (κ2) is 7.11. The van der Waals surface area contributed by atoms with Crippen molar-refractivity contribution in [1.82, 2.24) is 5.32 Å². The molecule has 0 bridgehead atoms. The Labute approximate surface area is 123 Å². The Balaban J connectivity index is 1.58. The van der Waals surface area contributed by atoms with E-state index in [4.69, 9.17) is 27.9 Å². The van der Waals surface area contributed by atoms with Crippen LogP contribution in [0.5, 0.6) is 0 Å². The first-order valence-electron chi connectivity index (χ1n) is 6.42. The zero-order valence-electron chi connectivity index (χ0n) is 10.5. The third kappa shape index (κ3) is 4.71. The lowest BCUT2D eigenvalue weighted by Gasteiger charge is -2.13. The minimum Gasteiger partial charge on any atom is -0.381 e. The van der Waals surface area contributed by atoms with Gasteiger partial charge in [-0.2, -0.15) is 0 Å². The monoisotopic (exact) mass is 307 g/mol. The zero-order valence-corrected chi connectivity index (χ0v) is 12.9. The van der Waals surface area contributed by atoms with Gasteiger partial charge in [-0.25, -0.2) is 0 Å². The van der Waals surface area contributed by atoms with Crippen LogP contribution < -0.4 is 5.32 Å². The second-order valence-electron chi connectivity index (χ2n) is 4.83. The number of nitrogens with one attached hydrogen (secondary N) is 1. The summed E-state index contributed by atoms with van der Waals surface area (Å²) in [7, 11) is 0. The van der Waals surface area contributed by atoms with E-state index in [1.165, 1.54) is 24.2 Å². The smallest absolute Gasteiger partial charge is 0.0991 e. The summed E-state index contributed by atoms with van der Waals surface area (Å²) < 4.78 is 7.12. The Morgan fingerprint density at radius 2 is 2.28 bits per heavy atom. The van der Waals surface area contributed by atoms with Crippen molar-refractivity contribution in [2.75, 3.05) is 19.8 Å². The third-order valence-electron chi connectivity index (χ3n) is 3.12. The molecule has 0 amide bonds. The summed E-state index contributed by atoms with van der Waals surface area (Å²) in [4.78, 5) is 0. The van der Waals surface area contributed by atoms with Gasteiger partial charge in [-0.15, -0.1) is 11.3 Å². The molecule has 1 aliphatic carbocycles. The van der Waals surface area contributed by atoms with Crippen molar-refractivity contribution in [1.29, 1.82) is 0 Å². The molecular weight excluding hydrogens is 289 g/mol. The summed E-state index contributed by atoms with van der Waals surface area (Å²) in [6, 6.07) is 2.18. The zero-order chi connectivity index (χ0) is 13.0. The summed E-state index contributed by atoms with van der Waals surface area (Å²) in [6.45, 7) is 4.83. The molecule has 0 aromatic carbocycles. The van der Waals surface area contributed by atoms with Crippen LogP contribution in [0.2, 0.25) is 8.67 Å². The highest BCUT2D eigenvalue weighted by molar-refractivity contribution is 7.20. The summed E-state index contributed by atoms with van der Waals surface area (Å²) >= 11 is 13.5. The van der Waals surface area contributed by atoms with Crippen LogP contribution in [0.15, 0.2) is 6.07 Å². The molecular formula is C13H19Cl2NOS. The molecule has 1 saturated carbocycles. The Bertz CT molecular complexity index is 379. The molecule has 1 aromatic rings. The van der Waals surface area contributed by atoms with Gasteiger partial charge in [0.2, 0.25) is 0 Å². The van der Waals surface area contributed by atoms with E-state index in [1.807, 2.05) is 6.07 Å². The molecule has 1 aromatic heterocycles. The average molecular weight is 308 g/mol. The molecule has 18 heavy (non-hydrogen) atoms. The Morgan fingerprint density at radius 3 is 2.89 bits per heavy atom. The van der Waals surface area contributed by atoms with E-state index < -0.39 is 0 Å². The highest BCUT2D eigenvalue weighted by Crippen LogP contribution is 2.34. The van der Waals surface area contributed by atoms with Crippen molar-refractivity contribution in [3.8, 4) is 0 Å². The lowest BCUT2D eigenvalue weighted by Crippen LogP contribution is -2.21. The van der Waals surface area contributed by atoms with Crippen molar-refractivity contribution in [3.05, 3.63) is 20.3 Å². The topological polar surface area (TPSA) is 21.3 Å². The van der Waals surface area contributed by atoms with Gasteiger partial charge in [0.05, 0.1) is 8.67 Å². The number of halogens is 2. The number of hydrogen-bond acceptors (Lipinski definition) is 3. The Morgan fingerprint density at radius 1 is 1.50 bits per heavy atom. The van der Waals surface area contributed by atoms with Gasteiger partial charge in [0.1, 0.15) is 0 Å². The predicted octanol–water partition coefficient (Wildman–Crippen LogP) is 4.52. The van der Waals surface area contributed by atoms with Gasteiger partial charge >= 0.3 is 0 Å². The quantitative estimate of drug-likeness (QED) is 0.713. The molecule has 5 heteroatoms. The van der Waals surface area contributed by atoms with Crippen molar-refractivity contribution >= 4 is 34.5 Å². The first-order chi connectivity index (χ1) is 8.66. The summed E-state index contributed by atoms with van der Waals surface area (Å²) in [5, 5.41) is 3.44. The van der Waals surface area contributed by atoms with Crippen LogP contribution in [0, 0.1) is 5.92 Å². The SMILES string of the molecule is CC(NCCCOCC1CC1)c1cc(Cl)sc1Cl. The minimum absolute atomic E-state index is 0.240. The Kier molecular flexibility index (Phi) is 5.77. The van der Waals surface area contributed by atoms with Crippen LogP contribution in [-0.2, 0) is 4.74 Å². The molecule has 0 spiro atoms. The Hall–Kier alpha value is 0.200. The fourth-order valence-corrected chi connectivity index (χ4v) is 3.43. The molecule has 0 radical (unpaired) electrons. The lowest BCUT2D eigenvalue weighted by atomic mass is 10.2. The molecule has 1 atom stereocenters. The molecule has 0 saturated heterocycles.